The van der Waals surface area contributed by atoms with E-state index < -0.39 is 31.7 Å². The van der Waals surface area contributed by atoms with E-state index in [2.05, 4.69) is 30.1 Å². The second kappa shape index (κ2) is 12.2. The third-order valence-electron chi connectivity index (χ3n) is 7.44. The second-order valence-corrected chi connectivity index (χ2v) is 12.0. The Morgan fingerprint density at radius 2 is 2.00 bits per heavy atom. The first-order valence-electron chi connectivity index (χ1n) is 13.5. The molecule has 2 aliphatic rings. The van der Waals surface area contributed by atoms with Gasteiger partial charge in [-0.3, -0.25) is 9.09 Å². The van der Waals surface area contributed by atoms with Crippen molar-refractivity contribution < 1.29 is 28.2 Å². The third kappa shape index (κ3) is 6.10. The number of anilines is 1. The van der Waals surface area contributed by atoms with E-state index in [0.717, 1.165) is 38.5 Å². The second-order valence-electron chi connectivity index (χ2n) is 10.3. The molecular formula is C25H34N9O6P. The molecule has 1 saturated heterocycles. The number of ether oxygens (including phenoxy) is 2. The number of aromatic nitrogens is 4. The number of imidazole rings is 1. The Balaban J connectivity index is 1.41. The molecule has 1 aliphatic heterocycles. The summed E-state index contributed by atoms with van der Waals surface area (Å²) in [5.41, 5.74) is 14.3. The molecule has 3 heterocycles. The first-order valence-corrected chi connectivity index (χ1v) is 15.0. The summed E-state index contributed by atoms with van der Waals surface area (Å²) in [4.78, 5) is 15.5. The Morgan fingerprint density at radius 3 is 2.68 bits per heavy atom. The highest BCUT2D eigenvalue weighted by atomic mass is 31.2. The van der Waals surface area contributed by atoms with Crippen molar-refractivity contribution in [1.29, 1.82) is 0 Å². The van der Waals surface area contributed by atoms with E-state index in [4.69, 9.17) is 24.3 Å². The molecule has 0 bridgehead atoms. The van der Waals surface area contributed by atoms with E-state index in [-0.39, 0.29) is 30.1 Å². The van der Waals surface area contributed by atoms with Crippen molar-refractivity contribution in [3.63, 3.8) is 0 Å². The zero-order valence-electron chi connectivity index (χ0n) is 22.9. The van der Waals surface area contributed by atoms with Crippen molar-refractivity contribution in [3.8, 4) is 11.6 Å². The molecule has 5 atom stereocenters. The maximum atomic E-state index is 14.1. The van der Waals surface area contributed by atoms with Crippen LogP contribution in [-0.4, -0.2) is 62.1 Å². The topological polar surface area (TPSA) is 205 Å². The molecule has 2 fully saturated rings. The normalized spacial score (nSPS) is 26.7. The monoisotopic (exact) mass is 587 g/mol. The average molecular weight is 588 g/mol. The van der Waals surface area contributed by atoms with Gasteiger partial charge in [0.2, 0.25) is 11.8 Å². The SMILES string of the molecule is COc1nc(N)nc2c1ncn2[C@@H]1O[C@H](COP(=O)(NC2CCCCCC2)Oc2ccccc2)[C@@H](O)[C@@]1(C)N=[N+]=[N-]. The molecule has 220 valence electrons. The van der Waals surface area contributed by atoms with Crippen LogP contribution in [0.5, 0.6) is 11.6 Å². The predicted octanol–water partition coefficient (Wildman–Crippen LogP) is 4.26. The van der Waals surface area contributed by atoms with Gasteiger partial charge in [0.25, 0.3) is 0 Å². The van der Waals surface area contributed by atoms with Crippen molar-refractivity contribution in [3.05, 3.63) is 47.1 Å². The molecule has 1 aliphatic carbocycles. The quantitative estimate of drug-likeness (QED) is 0.100. The van der Waals surface area contributed by atoms with E-state index in [1.165, 1.54) is 18.0 Å². The van der Waals surface area contributed by atoms with Gasteiger partial charge < -0.3 is 24.8 Å². The van der Waals surface area contributed by atoms with Gasteiger partial charge in [-0.1, -0.05) is 49.0 Å². The van der Waals surface area contributed by atoms with Gasteiger partial charge in [-0.05, 0) is 37.4 Å². The van der Waals surface area contributed by atoms with Crippen molar-refractivity contribution >= 4 is 24.9 Å². The number of nitrogen functional groups attached to an aromatic ring is 1. The number of nitrogens with one attached hydrogen (secondary N) is 1. The number of aliphatic hydroxyl groups is 1. The van der Waals surface area contributed by atoms with Crippen LogP contribution in [0.1, 0.15) is 51.7 Å². The fraction of sp³-hybridized carbons (Fsp3) is 0.560. The van der Waals surface area contributed by atoms with Gasteiger partial charge in [-0.15, -0.1) is 0 Å². The molecule has 0 amide bonds. The standard InChI is InChI=1S/C25H34N9O6P/c1-25(32-33-27)20(35)18(39-23(25)34-15-28-19-21(34)29-24(26)30-22(19)37-2)14-38-41(36,40-17-12-8-5-9-13-17)31-16-10-6-3-4-7-11-16/h5,8-9,12-13,15-16,18,20,23,35H,3-4,6-7,10-11,14H2,1-2H3,(H,31,36)(H2,26,29,30)/t18-,20-,23-,25-,41?/m1/s1. The maximum Gasteiger partial charge on any atom is 0.459 e. The highest BCUT2D eigenvalue weighted by Gasteiger charge is 2.55. The van der Waals surface area contributed by atoms with Crippen molar-refractivity contribution in [2.24, 2.45) is 5.11 Å². The Morgan fingerprint density at radius 1 is 1.27 bits per heavy atom. The molecule has 3 aromatic rings. The van der Waals surface area contributed by atoms with E-state index in [1.807, 2.05) is 6.07 Å². The number of nitrogens with zero attached hydrogens (tertiary/aromatic N) is 7. The molecule has 0 radical (unpaired) electrons. The lowest BCUT2D eigenvalue weighted by Crippen LogP contribution is -2.43. The fourth-order valence-corrected chi connectivity index (χ4v) is 6.94. The number of fused-ring (bicyclic) bond motifs is 1. The molecule has 16 heteroatoms. The minimum Gasteiger partial charge on any atom is -0.479 e. The number of aliphatic hydroxyl groups excluding tert-OH is 1. The van der Waals surface area contributed by atoms with Gasteiger partial charge in [-0.25, -0.2) is 14.6 Å². The Labute approximate surface area is 236 Å². The molecule has 4 N–H and O–H groups in total. The van der Waals surface area contributed by atoms with Gasteiger partial charge in [-0.2, -0.15) is 9.97 Å². The van der Waals surface area contributed by atoms with Gasteiger partial charge in [0.05, 0.1) is 26.1 Å². The number of rotatable bonds is 10. The molecule has 0 spiro atoms. The largest absolute Gasteiger partial charge is 0.479 e. The lowest BCUT2D eigenvalue weighted by molar-refractivity contribution is -0.0424. The van der Waals surface area contributed by atoms with E-state index >= 15 is 0 Å². The summed E-state index contributed by atoms with van der Waals surface area (Å²) in [5, 5.41) is 18.4. The van der Waals surface area contributed by atoms with Gasteiger partial charge in [0, 0.05) is 11.0 Å². The number of hydrogen-bond donors (Lipinski definition) is 3. The highest BCUT2D eigenvalue weighted by Crippen LogP contribution is 2.48. The first-order chi connectivity index (χ1) is 19.8. The average Bonchev–Trinajstić information content (AvgIpc) is 3.34. The molecule has 1 saturated carbocycles. The maximum absolute atomic E-state index is 14.1. The Bertz CT molecular complexity index is 1440. The van der Waals surface area contributed by atoms with Crippen LogP contribution >= 0.6 is 7.75 Å². The molecule has 5 rings (SSSR count). The van der Waals surface area contributed by atoms with Crippen molar-refractivity contribution in [2.75, 3.05) is 19.5 Å². The number of azide groups is 1. The van der Waals surface area contributed by atoms with Crippen molar-refractivity contribution in [1.82, 2.24) is 24.6 Å². The first kappa shape index (κ1) is 29.1. The predicted molar refractivity (Wildman–Crippen MR) is 149 cm³/mol. The molecular weight excluding hydrogens is 553 g/mol. The van der Waals surface area contributed by atoms with E-state index in [1.54, 1.807) is 31.2 Å². The third-order valence-corrected chi connectivity index (χ3v) is 9.06. The van der Waals surface area contributed by atoms with Crippen LogP contribution in [0, 0.1) is 0 Å². The summed E-state index contributed by atoms with van der Waals surface area (Å²) in [7, 11) is -2.50. The van der Waals surface area contributed by atoms with E-state index in [0.29, 0.717) is 11.3 Å². The number of methoxy groups -OCH3 is 1. The Kier molecular flexibility index (Phi) is 8.64. The summed E-state index contributed by atoms with van der Waals surface area (Å²) in [6.45, 7) is 1.21. The zero-order valence-corrected chi connectivity index (χ0v) is 23.8. The summed E-state index contributed by atoms with van der Waals surface area (Å²) < 4.78 is 38.8. The number of hydrogen-bond acceptors (Lipinski definition) is 11. The van der Waals surface area contributed by atoms with Gasteiger partial charge in [0.1, 0.15) is 17.4 Å². The van der Waals surface area contributed by atoms with Crippen LogP contribution in [-0.2, 0) is 13.8 Å². The zero-order chi connectivity index (χ0) is 29.0. The number of benzene rings is 1. The van der Waals surface area contributed by atoms with Crippen LogP contribution < -0.4 is 20.1 Å². The van der Waals surface area contributed by atoms with Crippen LogP contribution in [0.2, 0.25) is 0 Å². The smallest absolute Gasteiger partial charge is 0.459 e. The number of nitrogens with two attached hydrogens (primary N) is 1. The van der Waals surface area contributed by atoms with Gasteiger partial charge in [0.15, 0.2) is 17.4 Å². The van der Waals surface area contributed by atoms with Crippen molar-refractivity contribution in [2.45, 2.75) is 75.5 Å². The van der Waals surface area contributed by atoms with Crippen LogP contribution in [0.3, 0.4) is 0 Å². The van der Waals surface area contributed by atoms with E-state index in [9.17, 15) is 15.2 Å². The van der Waals surface area contributed by atoms with Crippen LogP contribution in [0.15, 0.2) is 41.8 Å². The minimum absolute atomic E-state index is 0.0555. The molecule has 15 nitrogen and oxygen atoms in total. The molecule has 2 aromatic heterocycles. The van der Waals surface area contributed by atoms with Crippen LogP contribution in [0.25, 0.3) is 21.6 Å². The summed E-state index contributed by atoms with van der Waals surface area (Å²) in [5.74, 6) is 0.458. The summed E-state index contributed by atoms with van der Waals surface area (Å²) in [6, 6.07) is 8.68. The fourth-order valence-electron chi connectivity index (χ4n) is 5.32. The lowest BCUT2D eigenvalue weighted by atomic mass is 9.93. The lowest BCUT2D eigenvalue weighted by Gasteiger charge is -2.28. The van der Waals surface area contributed by atoms with Crippen LogP contribution in [0.4, 0.5) is 5.95 Å². The molecule has 41 heavy (non-hydrogen) atoms. The molecule has 1 aromatic carbocycles. The summed E-state index contributed by atoms with van der Waals surface area (Å²) >= 11 is 0. The molecule has 1 unspecified atom stereocenters. The minimum atomic E-state index is -3.92. The Hall–Kier alpha value is -3.45. The summed E-state index contributed by atoms with van der Waals surface area (Å²) in [6.07, 6.45) is 3.86. The van der Waals surface area contributed by atoms with Gasteiger partial charge >= 0.3 is 7.75 Å². The highest BCUT2D eigenvalue weighted by molar-refractivity contribution is 7.52. The number of para-hydroxylation sites is 1.